The lowest BCUT2D eigenvalue weighted by Crippen LogP contribution is -1.95. The highest BCUT2D eigenvalue weighted by Crippen LogP contribution is 2.19. The van der Waals surface area contributed by atoms with Gasteiger partial charge in [0.2, 0.25) is 0 Å². The van der Waals surface area contributed by atoms with E-state index in [0.717, 1.165) is 11.4 Å². The molecule has 0 spiro atoms. The number of carbonyl (C=O) groups is 1. The van der Waals surface area contributed by atoms with Gasteiger partial charge in [0, 0.05) is 6.20 Å². The van der Waals surface area contributed by atoms with Crippen molar-refractivity contribution in [3.63, 3.8) is 0 Å². The first-order valence-electron chi connectivity index (χ1n) is 3.41. The van der Waals surface area contributed by atoms with Crippen LogP contribution < -0.4 is 5.73 Å². The van der Waals surface area contributed by atoms with Gasteiger partial charge in [-0.05, 0) is 6.07 Å². The molecule has 4 N–H and O–H groups in total. The molecule has 0 radical (unpaired) electrons. The Balaban J connectivity index is 0.000000251. The van der Waals surface area contributed by atoms with Crippen molar-refractivity contribution >= 4 is 12.3 Å². The number of hydrogen-bond donors (Lipinski definition) is 3. The smallest absolute Gasteiger partial charge is 0.290 e. The Hall–Kier alpha value is -2.11. The van der Waals surface area contributed by atoms with Crippen LogP contribution in [0.3, 0.4) is 0 Å². The molecule has 2 rings (SSSR count). The van der Waals surface area contributed by atoms with E-state index in [1.807, 2.05) is 6.07 Å². The van der Waals surface area contributed by atoms with Crippen LogP contribution >= 0.6 is 0 Å². The van der Waals surface area contributed by atoms with Crippen molar-refractivity contribution in [1.82, 2.24) is 15.0 Å². The third-order valence-corrected chi connectivity index (χ3v) is 1.37. The molecule has 2 aliphatic heterocycles. The molecule has 0 unspecified atom stereocenters. The number of nitrogen functional groups attached to an aromatic ring is 1. The molecule has 13 heavy (non-hydrogen) atoms. The molecular formula is C7H8N4O2. The predicted molar refractivity (Wildman–Crippen MR) is 46.1 cm³/mol. The normalized spacial score (nSPS) is 8.92. The van der Waals surface area contributed by atoms with Crippen LogP contribution in [0.2, 0.25) is 0 Å². The van der Waals surface area contributed by atoms with E-state index in [1.54, 1.807) is 12.5 Å². The van der Waals surface area contributed by atoms with Crippen LogP contribution in [-0.2, 0) is 4.79 Å². The Kier molecular flexibility index (Phi) is 2.80. The lowest BCUT2D eigenvalue weighted by Gasteiger charge is -1.97. The van der Waals surface area contributed by atoms with Gasteiger partial charge in [-0.25, -0.2) is 4.98 Å². The highest BCUT2D eigenvalue weighted by molar-refractivity contribution is 5.67. The largest absolute Gasteiger partial charge is 0.483 e. The van der Waals surface area contributed by atoms with Crippen molar-refractivity contribution in [3.8, 4) is 11.4 Å². The molecule has 0 bridgehead atoms. The summed E-state index contributed by atoms with van der Waals surface area (Å²) in [5, 5.41) is 6.89. The number of fused-ring (bicyclic) bond motifs is 1. The molecule has 0 saturated heterocycles. The van der Waals surface area contributed by atoms with Gasteiger partial charge < -0.3 is 15.8 Å². The van der Waals surface area contributed by atoms with Crippen LogP contribution in [0.15, 0.2) is 18.6 Å². The quantitative estimate of drug-likeness (QED) is 0.502. The number of anilines is 1. The third kappa shape index (κ3) is 1.92. The number of H-pyrrole nitrogens is 1. The number of nitrogens with one attached hydrogen (secondary N) is 1. The molecule has 0 saturated carbocycles. The van der Waals surface area contributed by atoms with Gasteiger partial charge in [-0.3, -0.25) is 9.78 Å². The highest BCUT2D eigenvalue weighted by atomic mass is 16.3. The summed E-state index contributed by atoms with van der Waals surface area (Å²) in [6, 6.07) is 1.85. The van der Waals surface area contributed by atoms with E-state index in [0.29, 0.717) is 5.82 Å². The van der Waals surface area contributed by atoms with E-state index in [2.05, 4.69) is 15.0 Å². The van der Waals surface area contributed by atoms with Crippen LogP contribution in [0.5, 0.6) is 0 Å². The fourth-order valence-electron chi connectivity index (χ4n) is 0.888. The summed E-state index contributed by atoms with van der Waals surface area (Å²) in [4.78, 5) is 19.1. The maximum absolute atomic E-state index is 8.36. The highest BCUT2D eigenvalue weighted by Gasteiger charge is 2.06. The average molecular weight is 180 g/mol. The first kappa shape index (κ1) is 8.98. The van der Waals surface area contributed by atoms with Gasteiger partial charge in [0.05, 0.1) is 12.0 Å². The van der Waals surface area contributed by atoms with Gasteiger partial charge >= 0.3 is 0 Å². The molecule has 0 atom stereocenters. The van der Waals surface area contributed by atoms with Gasteiger partial charge in [-0.15, -0.1) is 0 Å². The molecule has 6 nitrogen and oxygen atoms in total. The Morgan fingerprint density at radius 1 is 1.54 bits per heavy atom. The minimum absolute atomic E-state index is 0.250. The van der Waals surface area contributed by atoms with Gasteiger partial charge in [-0.2, -0.15) is 0 Å². The summed E-state index contributed by atoms with van der Waals surface area (Å²) >= 11 is 0. The monoisotopic (exact) mass is 180 g/mol. The zero-order chi connectivity index (χ0) is 9.68. The molecule has 0 fully saturated rings. The van der Waals surface area contributed by atoms with Crippen molar-refractivity contribution in [2.24, 2.45) is 0 Å². The summed E-state index contributed by atoms with van der Waals surface area (Å²) in [7, 11) is 0. The summed E-state index contributed by atoms with van der Waals surface area (Å²) < 4.78 is 0. The number of aromatic nitrogens is 3. The molecule has 0 aromatic carbocycles. The van der Waals surface area contributed by atoms with Crippen LogP contribution in [-0.4, -0.2) is 26.5 Å². The summed E-state index contributed by atoms with van der Waals surface area (Å²) in [5.41, 5.74) is 7.17. The molecular weight excluding hydrogens is 172 g/mol. The van der Waals surface area contributed by atoms with Gasteiger partial charge in [0.25, 0.3) is 6.47 Å². The molecule has 0 aromatic heterocycles. The molecule has 2 heterocycles. The Bertz CT molecular complexity index is 360. The number of carboxylic acid groups (broad SMARTS) is 1. The van der Waals surface area contributed by atoms with Crippen LogP contribution in [0.4, 0.5) is 5.82 Å². The van der Waals surface area contributed by atoms with Gasteiger partial charge in [0.1, 0.15) is 5.69 Å². The van der Waals surface area contributed by atoms with Crippen molar-refractivity contribution in [3.05, 3.63) is 18.6 Å². The molecule has 2 aliphatic rings. The van der Waals surface area contributed by atoms with E-state index >= 15 is 0 Å². The summed E-state index contributed by atoms with van der Waals surface area (Å²) in [6.07, 6.45) is 3.25. The van der Waals surface area contributed by atoms with E-state index in [4.69, 9.17) is 15.6 Å². The van der Waals surface area contributed by atoms with E-state index in [1.165, 1.54) is 0 Å². The SMILES string of the molecule is Nc1nc[nH]c2ccnc1-2.O=CO. The van der Waals surface area contributed by atoms with Crippen LogP contribution in [0.25, 0.3) is 11.4 Å². The second-order valence-corrected chi connectivity index (χ2v) is 2.10. The Labute approximate surface area is 73.8 Å². The second-order valence-electron chi connectivity index (χ2n) is 2.10. The van der Waals surface area contributed by atoms with E-state index < -0.39 is 0 Å². The molecule has 0 aromatic rings. The first-order valence-corrected chi connectivity index (χ1v) is 3.41. The van der Waals surface area contributed by atoms with E-state index in [-0.39, 0.29) is 6.47 Å². The van der Waals surface area contributed by atoms with Crippen LogP contribution in [0.1, 0.15) is 0 Å². The van der Waals surface area contributed by atoms with Crippen molar-refractivity contribution in [2.75, 3.05) is 5.73 Å². The van der Waals surface area contributed by atoms with Gasteiger partial charge in [-0.1, -0.05) is 0 Å². The van der Waals surface area contributed by atoms with E-state index in [9.17, 15) is 0 Å². The number of aromatic amines is 1. The number of rotatable bonds is 0. The lowest BCUT2D eigenvalue weighted by atomic mass is 10.3. The fraction of sp³-hybridized carbons (Fsp3) is 0. The third-order valence-electron chi connectivity index (χ3n) is 1.37. The van der Waals surface area contributed by atoms with Crippen molar-refractivity contribution in [2.45, 2.75) is 0 Å². The minimum atomic E-state index is -0.250. The maximum Gasteiger partial charge on any atom is 0.290 e. The van der Waals surface area contributed by atoms with Crippen molar-refractivity contribution < 1.29 is 9.90 Å². The minimum Gasteiger partial charge on any atom is -0.483 e. The average Bonchev–Trinajstić information content (AvgIpc) is 2.54. The number of nitrogens with zero attached hydrogens (tertiary/aromatic N) is 2. The number of hydrogen-bond acceptors (Lipinski definition) is 4. The van der Waals surface area contributed by atoms with Crippen LogP contribution in [0, 0.1) is 0 Å². The standard InChI is InChI=1S/C6H6N4.CH2O2/c7-6-5-4(1-2-8-5)9-3-10-6;2-1-3/h1-3H,7H2,(H,9,10);1H,(H,2,3). The fourth-order valence-corrected chi connectivity index (χ4v) is 0.888. The summed E-state index contributed by atoms with van der Waals surface area (Å²) in [6.45, 7) is -0.250. The predicted octanol–water partition coefficient (Wildman–Crippen LogP) is 0.192. The molecule has 0 aliphatic carbocycles. The van der Waals surface area contributed by atoms with Crippen molar-refractivity contribution in [1.29, 1.82) is 0 Å². The molecule has 0 amide bonds. The van der Waals surface area contributed by atoms with Gasteiger partial charge in [0.15, 0.2) is 5.82 Å². The maximum atomic E-state index is 8.36. The summed E-state index contributed by atoms with van der Waals surface area (Å²) in [5.74, 6) is 0.471. The molecule has 68 valence electrons. The lowest BCUT2D eigenvalue weighted by molar-refractivity contribution is -0.122. The second kappa shape index (κ2) is 4.05. The zero-order valence-electron chi connectivity index (χ0n) is 6.64. The zero-order valence-corrected chi connectivity index (χ0v) is 6.64. The Morgan fingerprint density at radius 2 is 2.23 bits per heavy atom. The Morgan fingerprint density at radius 3 is 2.85 bits per heavy atom. The number of nitrogens with two attached hydrogens (primary N) is 1. The first-order chi connectivity index (χ1) is 6.29. The topological polar surface area (TPSA) is 105 Å². The molecule has 6 heteroatoms.